The molecule has 0 aliphatic carbocycles. The van der Waals surface area contributed by atoms with Gasteiger partial charge in [-0.25, -0.2) is 10.2 Å². The molecule has 0 saturated heterocycles. The van der Waals surface area contributed by atoms with Crippen LogP contribution in [-0.2, 0) is 27.4 Å². The summed E-state index contributed by atoms with van der Waals surface area (Å²) in [7, 11) is 0. The number of rotatable bonds is 15. The maximum absolute atomic E-state index is 12.8. The van der Waals surface area contributed by atoms with Crippen LogP contribution < -0.4 is 30.3 Å². The molecule has 0 unspecified atom stereocenters. The number of nitrogens with one attached hydrogen (secondary N) is 3. The van der Waals surface area contributed by atoms with Gasteiger partial charge in [0, 0.05) is 20.4 Å². The predicted molar refractivity (Wildman–Crippen MR) is 194 cm³/mol. The second kappa shape index (κ2) is 17.5. The summed E-state index contributed by atoms with van der Waals surface area (Å²) in [5.41, 5.74) is 6.71. The van der Waals surface area contributed by atoms with Gasteiger partial charge in [0.15, 0.2) is 23.2 Å². The van der Waals surface area contributed by atoms with Crippen LogP contribution in [0.4, 0.5) is 0 Å². The first-order valence-corrected chi connectivity index (χ1v) is 16.5. The van der Waals surface area contributed by atoms with Crippen molar-refractivity contribution in [1.82, 2.24) is 16.1 Å². The van der Waals surface area contributed by atoms with Crippen LogP contribution in [0, 0.1) is 3.57 Å². The molecule has 3 aromatic rings. The summed E-state index contributed by atoms with van der Waals surface area (Å²) in [6, 6.07) is 18.3. The van der Waals surface area contributed by atoms with Crippen LogP contribution in [0.2, 0.25) is 0 Å². The topological polar surface area (TPSA) is 120 Å². The number of hydrazone groups is 1. The van der Waals surface area contributed by atoms with Crippen molar-refractivity contribution in [2.24, 2.45) is 5.10 Å². The molecule has 1 amide bonds. The molecule has 0 aromatic heterocycles. The number of ether oxygens (including phenoxy) is 4. The fraction of sp³-hybridized carbons (Fsp3) is 0.257. The Morgan fingerprint density at radius 1 is 1.04 bits per heavy atom. The first-order chi connectivity index (χ1) is 22.7. The molecule has 0 spiro atoms. The van der Waals surface area contributed by atoms with Gasteiger partial charge in [0.05, 0.1) is 31.0 Å². The van der Waals surface area contributed by atoms with Gasteiger partial charge in [-0.05, 0) is 103 Å². The van der Waals surface area contributed by atoms with E-state index in [1.165, 1.54) is 6.21 Å². The van der Waals surface area contributed by atoms with Crippen LogP contribution in [0.25, 0.3) is 0 Å². The molecule has 0 radical (unpaired) electrons. The van der Waals surface area contributed by atoms with Gasteiger partial charge < -0.3 is 29.6 Å². The SMILES string of the molecule is C=CCc1cc(C=NNC(=O)COc2ccccc2[C@@H]2NC(=S)NC(C)=C2C(=O)OCC)cc(OCC)c1OCc1ccc(I)cc1. The van der Waals surface area contributed by atoms with E-state index in [-0.39, 0.29) is 13.2 Å². The number of hydrogen-bond donors (Lipinski definition) is 3. The van der Waals surface area contributed by atoms with E-state index in [1.54, 1.807) is 38.1 Å². The molecule has 0 saturated carbocycles. The Labute approximate surface area is 293 Å². The summed E-state index contributed by atoms with van der Waals surface area (Å²) in [5.74, 6) is 0.658. The van der Waals surface area contributed by atoms with Crippen LogP contribution in [0.1, 0.15) is 49.1 Å². The van der Waals surface area contributed by atoms with Crippen LogP contribution >= 0.6 is 34.8 Å². The fourth-order valence-corrected chi connectivity index (χ4v) is 5.47. The predicted octanol–water partition coefficient (Wildman–Crippen LogP) is 5.88. The molecule has 4 rings (SSSR count). The molecule has 47 heavy (non-hydrogen) atoms. The quantitative estimate of drug-likeness (QED) is 0.0435. The van der Waals surface area contributed by atoms with E-state index in [2.05, 4.69) is 50.3 Å². The molecule has 12 heteroatoms. The normalized spacial score (nSPS) is 14.2. The van der Waals surface area contributed by atoms with Gasteiger partial charge >= 0.3 is 5.97 Å². The van der Waals surface area contributed by atoms with Crippen molar-refractivity contribution in [1.29, 1.82) is 0 Å². The molecule has 3 N–H and O–H groups in total. The van der Waals surface area contributed by atoms with Crippen molar-refractivity contribution in [3.8, 4) is 17.2 Å². The van der Waals surface area contributed by atoms with E-state index < -0.39 is 17.9 Å². The first kappa shape index (κ1) is 35.4. The third kappa shape index (κ3) is 9.78. The van der Waals surface area contributed by atoms with Gasteiger partial charge in [-0.3, -0.25) is 4.79 Å². The molecule has 0 fully saturated rings. The Morgan fingerprint density at radius 3 is 2.53 bits per heavy atom. The highest BCUT2D eigenvalue weighted by Gasteiger charge is 2.32. The zero-order chi connectivity index (χ0) is 33.8. The number of thiocarbonyl (C=S) groups is 1. The zero-order valence-electron chi connectivity index (χ0n) is 26.4. The first-order valence-electron chi connectivity index (χ1n) is 15.0. The number of carbonyl (C=O) groups excluding carboxylic acids is 2. The number of amides is 1. The minimum absolute atomic E-state index is 0.222. The van der Waals surface area contributed by atoms with Gasteiger partial charge in [0.1, 0.15) is 12.4 Å². The molecule has 1 aliphatic rings. The van der Waals surface area contributed by atoms with Crippen LogP contribution in [-0.4, -0.2) is 43.0 Å². The van der Waals surface area contributed by atoms with Crippen LogP contribution in [0.5, 0.6) is 17.2 Å². The number of carbonyl (C=O) groups is 2. The largest absolute Gasteiger partial charge is 0.490 e. The summed E-state index contributed by atoms with van der Waals surface area (Å²) in [5, 5.41) is 10.6. The van der Waals surface area contributed by atoms with Crippen molar-refractivity contribution < 1.29 is 28.5 Å². The molecule has 1 aliphatic heterocycles. The number of esters is 1. The second-order valence-electron chi connectivity index (χ2n) is 10.3. The summed E-state index contributed by atoms with van der Waals surface area (Å²) in [6.45, 7) is 10.0. The van der Waals surface area contributed by atoms with Gasteiger partial charge in [-0.1, -0.05) is 36.4 Å². The van der Waals surface area contributed by atoms with Gasteiger partial charge in [0.2, 0.25) is 0 Å². The van der Waals surface area contributed by atoms with E-state index in [9.17, 15) is 9.59 Å². The van der Waals surface area contributed by atoms with Crippen molar-refractivity contribution in [3.63, 3.8) is 0 Å². The molecule has 10 nitrogen and oxygen atoms in total. The summed E-state index contributed by atoms with van der Waals surface area (Å²) in [4.78, 5) is 25.6. The standard InChI is InChI=1S/C35H37IN4O6S/c1-5-10-25-17-24(18-29(43-6-2)33(25)46-20-23-13-15-26(36)16-14-23)19-37-40-30(41)21-45-28-12-9-8-11-27(28)32-31(34(42)44-7-3)22(4)38-35(47)39-32/h5,8-9,11-19,32H,1,6-7,10,20-21H2,2-4H3,(H,40,41)(H2,38,39,47)/t32-/m0/s1. The molecular formula is C35H37IN4O6S. The molecule has 3 aromatic carbocycles. The third-order valence-corrected chi connectivity index (χ3v) is 7.81. The van der Waals surface area contributed by atoms with E-state index >= 15 is 0 Å². The maximum Gasteiger partial charge on any atom is 0.338 e. The lowest BCUT2D eigenvalue weighted by atomic mass is 9.95. The minimum atomic E-state index is -0.632. The Morgan fingerprint density at radius 2 is 1.81 bits per heavy atom. The van der Waals surface area contributed by atoms with E-state index in [1.807, 2.05) is 49.4 Å². The van der Waals surface area contributed by atoms with Gasteiger partial charge in [0.25, 0.3) is 5.91 Å². The summed E-state index contributed by atoms with van der Waals surface area (Å²) >= 11 is 7.61. The summed E-state index contributed by atoms with van der Waals surface area (Å²) in [6.07, 6.45) is 3.87. The van der Waals surface area contributed by atoms with Crippen LogP contribution in [0.3, 0.4) is 0 Å². The average Bonchev–Trinajstić information content (AvgIpc) is 3.04. The van der Waals surface area contributed by atoms with Crippen molar-refractivity contribution in [3.05, 3.63) is 110 Å². The van der Waals surface area contributed by atoms with E-state index in [0.717, 1.165) is 14.7 Å². The lowest BCUT2D eigenvalue weighted by Crippen LogP contribution is -2.45. The molecular weight excluding hydrogens is 731 g/mol. The lowest BCUT2D eigenvalue weighted by molar-refractivity contribution is -0.139. The number of halogens is 1. The summed E-state index contributed by atoms with van der Waals surface area (Å²) < 4.78 is 24.5. The second-order valence-corrected chi connectivity index (χ2v) is 11.9. The van der Waals surface area contributed by atoms with E-state index in [4.69, 9.17) is 31.2 Å². The number of nitrogens with zero attached hydrogens (tertiary/aromatic N) is 1. The Bertz CT molecular complexity index is 1670. The molecule has 1 atom stereocenters. The van der Waals surface area contributed by atoms with Crippen molar-refractivity contribution >= 4 is 58.0 Å². The molecule has 1 heterocycles. The number of para-hydroxylation sites is 1. The lowest BCUT2D eigenvalue weighted by Gasteiger charge is -2.30. The number of benzene rings is 3. The van der Waals surface area contributed by atoms with E-state index in [0.29, 0.717) is 64.4 Å². The zero-order valence-corrected chi connectivity index (χ0v) is 29.4. The monoisotopic (exact) mass is 768 g/mol. The van der Waals surface area contributed by atoms with Crippen LogP contribution in [0.15, 0.2) is 89.7 Å². The highest BCUT2D eigenvalue weighted by atomic mass is 127. The minimum Gasteiger partial charge on any atom is -0.490 e. The van der Waals surface area contributed by atoms with Crippen molar-refractivity contribution in [2.45, 2.75) is 39.8 Å². The Hall–Kier alpha value is -4.43. The third-order valence-electron chi connectivity index (χ3n) is 6.87. The fourth-order valence-electron chi connectivity index (χ4n) is 4.84. The smallest absolute Gasteiger partial charge is 0.338 e. The highest BCUT2D eigenvalue weighted by molar-refractivity contribution is 14.1. The number of hydrogen-bond acceptors (Lipinski definition) is 8. The Kier molecular flexibility index (Phi) is 13.2. The maximum atomic E-state index is 12.8. The van der Waals surface area contributed by atoms with Gasteiger partial charge in [-0.2, -0.15) is 5.10 Å². The van der Waals surface area contributed by atoms with Gasteiger partial charge in [-0.15, -0.1) is 6.58 Å². The van der Waals surface area contributed by atoms with Crippen molar-refractivity contribution in [2.75, 3.05) is 19.8 Å². The number of allylic oxidation sites excluding steroid dienone is 2. The molecule has 246 valence electrons. The Balaban J connectivity index is 1.45. The average molecular weight is 769 g/mol. The highest BCUT2D eigenvalue weighted by Crippen LogP contribution is 2.35. The molecule has 0 bridgehead atoms.